The van der Waals surface area contributed by atoms with Crippen LogP contribution in [0.2, 0.25) is 0 Å². The van der Waals surface area contributed by atoms with Gasteiger partial charge in [0.05, 0.1) is 6.61 Å². The van der Waals surface area contributed by atoms with Crippen molar-refractivity contribution in [1.82, 2.24) is 0 Å². The molecule has 0 spiro atoms. The molecule has 2 rings (SSSR count). The molecule has 6 atom stereocenters. The van der Waals surface area contributed by atoms with Gasteiger partial charge >= 0.3 is 0 Å². The summed E-state index contributed by atoms with van der Waals surface area (Å²) >= 11 is 0. The molecule has 2 aliphatic rings. The Kier molecular flexibility index (Phi) is 4.72. The normalized spacial score (nSPS) is 39.1. The fraction of sp³-hybridized carbons (Fsp3) is 1.00. The van der Waals surface area contributed by atoms with Crippen LogP contribution in [0.5, 0.6) is 0 Å². The van der Waals surface area contributed by atoms with Crippen LogP contribution in [0.4, 0.5) is 0 Å². The lowest BCUT2D eigenvalue weighted by molar-refractivity contribution is -0.807. The zero-order valence-electron chi connectivity index (χ0n) is 11.1. The fourth-order valence-electron chi connectivity index (χ4n) is 2.29. The van der Waals surface area contributed by atoms with E-state index in [1.165, 1.54) is 7.11 Å². The van der Waals surface area contributed by atoms with E-state index < -0.39 is 47.2 Å². The molecule has 120 valence electrons. The van der Waals surface area contributed by atoms with Crippen LogP contribution in [0.3, 0.4) is 0 Å². The standard InChI is InChI=1S/C9H14N2O10/c1-4-17-3-5-6(18-4)7(20-10(12)13)8(21-11(14)15)9(16-2)19-5/h4-9H,3H2,1-2H3/t4-,5+,6+,7-,8+,9-/m0/s1. The predicted molar refractivity (Wildman–Crippen MR) is 59.7 cm³/mol. The maximum absolute atomic E-state index is 10.6. The number of hydrogen-bond acceptors (Lipinski definition) is 10. The van der Waals surface area contributed by atoms with Crippen molar-refractivity contribution in [2.75, 3.05) is 13.7 Å². The summed E-state index contributed by atoms with van der Waals surface area (Å²) in [5, 5.41) is 19.0. The first-order valence-corrected chi connectivity index (χ1v) is 6.00. The van der Waals surface area contributed by atoms with E-state index in [1.54, 1.807) is 6.92 Å². The molecule has 12 nitrogen and oxygen atoms in total. The maximum Gasteiger partial charge on any atom is 0.295 e. The Labute approximate surface area is 118 Å². The highest BCUT2D eigenvalue weighted by atomic mass is 17.0. The third-order valence-electron chi connectivity index (χ3n) is 3.08. The highest BCUT2D eigenvalue weighted by Gasteiger charge is 2.53. The second kappa shape index (κ2) is 6.34. The molecule has 0 aromatic heterocycles. The smallest absolute Gasteiger partial charge is 0.295 e. The largest absolute Gasteiger partial charge is 0.353 e. The highest BCUT2D eigenvalue weighted by molar-refractivity contribution is 4.93. The minimum atomic E-state index is -1.47. The Hall–Kier alpha value is -1.76. The third-order valence-corrected chi connectivity index (χ3v) is 3.08. The molecule has 0 N–H and O–H groups in total. The first-order valence-electron chi connectivity index (χ1n) is 6.00. The number of ether oxygens (including phenoxy) is 4. The summed E-state index contributed by atoms with van der Waals surface area (Å²) in [5.74, 6) is 0. The molecule has 2 aliphatic heterocycles. The van der Waals surface area contributed by atoms with E-state index >= 15 is 0 Å². The van der Waals surface area contributed by atoms with Crippen LogP contribution in [-0.4, -0.2) is 60.9 Å². The Morgan fingerprint density at radius 2 is 1.71 bits per heavy atom. The van der Waals surface area contributed by atoms with Gasteiger partial charge in [-0.15, -0.1) is 20.2 Å². The molecular formula is C9H14N2O10. The molecule has 0 saturated carbocycles. The van der Waals surface area contributed by atoms with E-state index in [9.17, 15) is 20.2 Å². The number of nitrogens with zero attached hydrogens (tertiary/aromatic N) is 2. The summed E-state index contributed by atoms with van der Waals surface area (Å²) in [5.41, 5.74) is 0. The molecule has 12 heteroatoms. The highest BCUT2D eigenvalue weighted by Crippen LogP contribution is 2.32. The topological polar surface area (TPSA) is 142 Å². The zero-order valence-corrected chi connectivity index (χ0v) is 11.1. The van der Waals surface area contributed by atoms with Gasteiger partial charge in [0.1, 0.15) is 12.2 Å². The second-order valence-corrected chi connectivity index (χ2v) is 4.37. The summed E-state index contributed by atoms with van der Waals surface area (Å²) in [6.45, 7) is 1.65. The van der Waals surface area contributed by atoms with Gasteiger partial charge in [-0.1, -0.05) is 0 Å². The van der Waals surface area contributed by atoms with Crippen LogP contribution in [0.15, 0.2) is 0 Å². The quantitative estimate of drug-likeness (QED) is 0.471. The Bertz CT molecular complexity index is 406. The van der Waals surface area contributed by atoms with Gasteiger partial charge in [0.15, 0.2) is 24.8 Å². The fourth-order valence-corrected chi connectivity index (χ4v) is 2.29. The van der Waals surface area contributed by atoms with Gasteiger partial charge in [-0.25, -0.2) is 0 Å². The number of methoxy groups -OCH3 is 1. The lowest BCUT2D eigenvalue weighted by atomic mass is 9.98. The van der Waals surface area contributed by atoms with Crippen molar-refractivity contribution >= 4 is 0 Å². The Balaban J connectivity index is 2.25. The van der Waals surface area contributed by atoms with Gasteiger partial charge in [0, 0.05) is 7.11 Å². The average molecular weight is 310 g/mol. The summed E-state index contributed by atoms with van der Waals surface area (Å²) in [6.07, 6.45) is -6.45. The van der Waals surface area contributed by atoms with Crippen molar-refractivity contribution in [3.63, 3.8) is 0 Å². The number of fused-ring (bicyclic) bond motifs is 1. The molecule has 0 unspecified atom stereocenters. The lowest BCUT2D eigenvalue weighted by Crippen LogP contribution is -2.64. The van der Waals surface area contributed by atoms with Gasteiger partial charge < -0.3 is 28.6 Å². The van der Waals surface area contributed by atoms with Crippen LogP contribution < -0.4 is 0 Å². The zero-order chi connectivity index (χ0) is 15.6. The van der Waals surface area contributed by atoms with Gasteiger partial charge in [-0.3, -0.25) is 0 Å². The molecule has 0 aliphatic carbocycles. The monoisotopic (exact) mass is 310 g/mol. The van der Waals surface area contributed by atoms with Gasteiger partial charge in [0.2, 0.25) is 0 Å². The number of rotatable bonds is 5. The van der Waals surface area contributed by atoms with Gasteiger partial charge in [0.25, 0.3) is 10.2 Å². The molecule has 2 saturated heterocycles. The van der Waals surface area contributed by atoms with Crippen LogP contribution >= 0.6 is 0 Å². The van der Waals surface area contributed by atoms with E-state index in [0.29, 0.717) is 0 Å². The first-order chi connectivity index (χ1) is 9.92. The van der Waals surface area contributed by atoms with Gasteiger partial charge in [-0.2, -0.15) is 0 Å². The molecule has 0 radical (unpaired) electrons. The van der Waals surface area contributed by atoms with Crippen molar-refractivity contribution < 1.29 is 38.8 Å². The van der Waals surface area contributed by atoms with E-state index in [-0.39, 0.29) is 6.61 Å². The van der Waals surface area contributed by atoms with Crippen molar-refractivity contribution in [3.05, 3.63) is 20.2 Å². The van der Waals surface area contributed by atoms with Crippen molar-refractivity contribution in [2.24, 2.45) is 0 Å². The molecule has 2 fully saturated rings. The SMILES string of the molecule is CO[C@H]1O[C@@H]2CO[C@H](C)O[C@H]2[C@H](O[N+](=O)[O-])[C@H]1O[N+](=O)[O-]. The minimum absolute atomic E-state index is 0.0778. The molecule has 0 amide bonds. The van der Waals surface area contributed by atoms with E-state index in [0.717, 1.165) is 0 Å². The third kappa shape index (κ3) is 3.47. The summed E-state index contributed by atoms with van der Waals surface area (Å²) in [6, 6.07) is 0. The number of hydrogen-bond donors (Lipinski definition) is 0. The molecule has 0 bridgehead atoms. The molecule has 21 heavy (non-hydrogen) atoms. The van der Waals surface area contributed by atoms with Crippen LogP contribution in [0.25, 0.3) is 0 Å². The van der Waals surface area contributed by atoms with E-state index in [4.69, 9.17) is 18.9 Å². The molecular weight excluding hydrogens is 296 g/mol. The van der Waals surface area contributed by atoms with Crippen LogP contribution in [0, 0.1) is 20.2 Å². The van der Waals surface area contributed by atoms with Crippen LogP contribution in [0.1, 0.15) is 6.92 Å². The molecule has 0 aromatic rings. The predicted octanol–water partition coefficient (Wildman–Crippen LogP) is -0.727. The van der Waals surface area contributed by atoms with Crippen molar-refractivity contribution in [3.8, 4) is 0 Å². The van der Waals surface area contributed by atoms with Crippen molar-refractivity contribution in [2.45, 2.75) is 43.9 Å². The Morgan fingerprint density at radius 3 is 2.29 bits per heavy atom. The molecule has 2 heterocycles. The first kappa shape index (κ1) is 15.6. The average Bonchev–Trinajstić information content (AvgIpc) is 2.40. The summed E-state index contributed by atoms with van der Waals surface area (Å²) < 4.78 is 20.9. The second-order valence-electron chi connectivity index (χ2n) is 4.37. The van der Waals surface area contributed by atoms with Crippen LogP contribution in [-0.2, 0) is 28.6 Å². The van der Waals surface area contributed by atoms with Crippen molar-refractivity contribution in [1.29, 1.82) is 0 Å². The maximum atomic E-state index is 10.6. The van der Waals surface area contributed by atoms with Gasteiger partial charge in [-0.05, 0) is 6.92 Å². The minimum Gasteiger partial charge on any atom is -0.353 e. The summed E-state index contributed by atoms with van der Waals surface area (Å²) in [4.78, 5) is 30.1. The Morgan fingerprint density at radius 1 is 1.10 bits per heavy atom. The lowest BCUT2D eigenvalue weighted by Gasteiger charge is -2.46. The van der Waals surface area contributed by atoms with E-state index in [2.05, 4.69) is 9.68 Å². The molecule has 0 aromatic carbocycles. The van der Waals surface area contributed by atoms with E-state index in [1.807, 2.05) is 0 Å². The summed E-state index contributed by atoms with van der Waals surface area (Å²) in [7, 11) is 1.22.